The smallest absolute Gasteiger partial charge is 0.240 e. The fourth-order valence-corrected chi connectivity index (χ4v) is 4.36. The van der Waals surface area contributed by atoms with Crippen molar-refractivity contribution >= 4 is 44.2 Å². The number of hydrogen-bond donors (Lipinski definition) is 1. The van der Waals surface area contributed by atoms with Crippen molar-refractivity contribution in [3.05, 3.63) is 56.6 Å². The summed E-state index contributed by atoms with van der Waals surface area (Å²) in [5.74, 6) is 0.656. The second-order valence-electron chi connectivity index (χ2n) is 4.89. The second kappa shape index (κ2) is 8.32. The van der Waals surface area contributed by atoms with Crippen molar-refractivity contribution in [2.24, 2.45) is 0 Å². The van der Waals surface area contributed by atoms with Gasteiger partial charge in [-0.1, -0.05) is 29.8 Å². The number of methoxy groups -OCH3 is 1. The van der Waals surface area contributed by atoms with Gasteiger partial charge in [0.15, 0.2) is 0 Å². The Balaban J connectivity index is 1.94. The van der Waals surface area contributed by atoms with E-state index in [9.17, 15) is 8.42 Å². The third-order valence-electron chi connectivity index (χ3n) is 3.31. The first-order chi connectivity index (χ1) is 10.9. The largest absolute Gasteiger partial charge is 0.496 e. The molecule has 4 nitrogen and oxygen atoms in total. The Labute approximate surface area is 155 Å². The first kappa shape index (κ1) is 18.5. The van der Waals surface area contributed by atoms with Gasteiger partial charge in [-0.25, -0.2) is 13.1 Å². The molecule has 0 aromatic heterocycles. The maximum Gasteiger partial charge on any atom is 0.240 e. The average molecular weight is 466 g/mol. The molecule has 1 N–H and O–H groups in total. The molecule has 0 saturated heterocycles. The lowest BCUT2D eigenvalue weighted by Crippen LogP contribution is -2.25. The zero-order valence-corrected chi connectivity index (χ0v) is 16.3. The standard InChI is InChI=1S/C16H17ClINO3S/c1-22-16-9-8-13(11-15(16)18)23(20,21)19-10-4-6-12-5-2-3-7-14(12)17/h2-3,5,7-9,11,19H,4,6,10H2,1H3. The van der Waals surface area contributed by atoms with Gasteiger partial charge in [0.2, 0.25) is 10.0 Å². The number of rotatable bonds is 7. The van der Waals surface area contributed by atoms with Crippen molar-refractivity contribution in [1.29, 1.82) is 0 Å². The van der Waals surface area contributed by atoms with E-state index in [1.54, 1.807) is 19.2 Å². The highest BCUT2D eigenvalue weighted by Gasteiger charge is 2.15. The predicted octanol–water partition coefficient (Wildman–Crippen LogP) is 3.86. The summed E-state index contributed by atoms with van der Waals surface area (Å²) in [4.78, 5) is 0.237. The number of sulfonamides is 1. The van der Waals surface area contributed by atoms with Gasteiger partial charge in [0.1, 0.15) is 5.75 Å². The summed E-state index contributed by atoms with van der Waals surface area (Å²) in [6, 6.07) is 12.4. The van der Waals surface area contributed by atoms with Crippen LogP contribution in [-0.2, 0) is 16.4 Å². The lowest BCUT2D eigenvalue weighted by molar-refractivity contribution is 0.411. The van der Waals surface area contributed by atoms with Gasteiger partial charge in [0, 0.05) is 11.6 Å². The minimum atomic E-state index is -3.52. The molecule has 2 aromatic rings. The van der Waals surface area contributed by atoms with Crippen LogP contribution >= 0.6 is 34.2 Å². The molecule has 2 aromatic carbocycles. The van der Waals surface area contributed by atoms with Crippen LogP contribution in [0.3, 0.4) is 0 Å². The summed E-state index contributed by atoms with van der Waals surface area (Å²) in [7, 11) is -1.96. The van der Waals surface area contributed by atoms with Crippen molar-refractivity contribution in [3.63, 3.8) is 0 Å². The van der Waals surface area contributed by atoms with E-state index in [2.05, 4.69) is 27.3 Å². The van der Waals surface area contributed by atoms with Crippen molar-refractivity contribution in [2.75, 3.05) is 13.7 Å². The summed E-state index contributed by atoms with van der Waals surface area (Å²) >= 11 is 8.13. The van der Waals surface area contributed by atoms with Crippen LogP contribution in [0.4, 0.5) is 0 Å². The molecular weight excluding hydrogens is 449 g/mol. The van der Waals surface area contributed by atoms with E-state index in [0.717, 1.165) is 15.6 Å². The van der Waals surface area contributed by atoms with Crippen LogP contribution in [0, 0.1) is 3.57 Å². The van der Waals surface area contributed by atoms with Gasteiger partial charge in [-0.2, -0.15) is 0 Å². The molecule has 23 heavy (non-hydrogen) atoms. The number of hydrogen-bond acceptors (Lipinski definition) is 3. The number of aryl methyl sites for hydroxylation is 1. The lowest BCUT2D eigenvalue weighted by atomic mass is 10.1. The molecule has 0 radical (unpaired) electrons. The van der Waals surface area contributed by atoms with Crippen LogP contribution in [0.1, 0.15) is 12.0 Å². The van der Waals surface area contributed by atoms with Crippen molar-refractivity contribution < 1.29 is 13.2 Å². The average Bonchev–Trinajstić information content (AvgIpc) is 2.53. The van der Waals surface area contributed by atoms with E-state index in [-0.39, 0.29) is 4.90 Å². The summed E-state index contributed by atoms with van der Waals surface area (Å²) in [6.45, 7) is 0.357. The maximum atomic E-state index is 12.3. The van der Waals surface area contributed by atoms with Crippen LogP contribution < -0.4 is 9.46 Å². The molecule has 0 unspecified atom stereocenters. The molecule has 0 saturated carbocycles. The molecule has 0 aliphatic carbocycles. The molecule has 0 amide bonds. The SMILES string of the molecule is COc1ccc(S(=O)(=O)NCCCc2ccccc2Cl)cc1I. The molecule has 124 valence electrons. The van der Waals surface area contributed by atoms with Crippen LogP contribution in [0.15, 0.2) is 47.4 Å². The highest BCUT2D eigenvalue weighted by Crippen LogP contribution is 2.23. The number of halogens is 2. The molecule has 0 spiro atoms. The first-order valence-electron chi connectivity index (χ1n) is 7.00. The monoisotopic (exact) mass is 465 g/mol. The Hall–Kier alpha value is -0.830. The highest BCUT2D eigenvalue weighted by molar-refractivity contribution is 14.1. The Morgan fingerprint density at radius 2 is 1.96 bits per heavy atom. The summed E-state index contributed by atoms with van der Waals surface area (Å²) in [5, 5.41) is 0.708. The minimum Gasteiger partial charge on any atom is -0.496 e. The van der Waals surface area contributed by atoms with Gasteiger partial charge in [0.25, 0.3) is 0 Å². The van der Waals surface area contributed by atoms with Crippen LogP contribution in [0.2, 0.25) is 5.02 Å². The van der Waals surface area contributed by atoms with E-state index in [0.29, 0.717) is 23.7 Å². The Morgan fingerprint density at radius 1 is 1.22 bits per heavy atom. The molecule has 7 heteroatoms. The Bertz CT molecular complexity index is 781. The minimum absolute atomic E-state index is 0.237. The van der Waals surface area contributed by atoms with E-state index in [4.69, 9.17) is 16.3 Å². The Morgan fingerprint density at radius 3 is 2.61 bits per heavy atom. The van der Waals surface area contributed by atoms with Crippen LogP contribution in [-0.4, -0.2) is 22.1 Å². The molecule has 0 atom stereocenters. The molecule has 0 aliphatic heterocycles. The van der Waals surface area contributed by atoms with Crippen LogP contribution in [0.5, 0.6) is 5.75 Å². The quantitative estimate of drug-likeness (QED) is 0.499. The number of benzene rings is 2. The second-order valence-corrected chi connectivity index (χ2v) is 8.23. The third kappa shape index (κ3) is 5.07. The van der Waals surface area contributed by atoms with Crippen molar-refractivity contribution in [1.82, 2.24) is 4.72 Å². The number of ether oxygens (including phenoxy) is 1. The normalized spacial score (nSPS) is 11.4. The molecule has 2 rings (SSSR count). The van der Waals surface area contributed by atoms with E-state index >= 15 is 0 Å². The van der Waals surface area contributed by atoms with Gasteiger partial charge in [-0.05, 0) is 65.3 Å². The van der Waals surface area contributed by atoms with Crippen LogP contribution in [0.25, 0.3) is 0 Å². The maximum absolute atomic E-state index is 12.3. The first-order valence-corrected chi connectivity index (χ1v) is 9.94. The molecule has 0 aliphatic rings. The molecule has 0 bridgehead atoms. The van der Waals surface area contributed by atoms with Crippen molar-refractivity contribution in [2.45, 2.75) is 17.7 Å². The number of nitrogens with one attached hydrogen (secondary N) is 1. The lowest BCUT2D eigenvalue weighted by Gasteiger charge is -2.09. The topological polar surface area (TPSA) is 55.4 Å². The Kier molecular flexibility index (Phi) is 6.70. The summed E-state index contributed by atoms with van der Waals surface area (Å²) < 4.78 is 33.1. The van der Waals surface area contributed by atoms with Gasteiger partial charge < -0.3 is 4.74 Å². The van der Waals surface area contributed by atoms with Crippen molar-refractivity contribution in [3.8, 4) is 5.75 Å². The fraction of sp³-hybridized carbons (Fsp3) is 0.250. The summed E-state index contributed by atoms with van der Waals surface area (Å²) in [6.07, 6.45) is 1.40. The fourth-order valence-electron chi connectivity index (χ4n) is 2.08. The third-order valence-corrected chi connectivity index (χ3v) is 5.98. The zero-order chi connectivity index (χ0) is 16.9. The van der Waals surface area contributed by atoms with Gasteiger partial charge in [-0.15, -0.1) is 0 Å². The zero-order valence-electron chi connectivity index (χ0n) is 12.6. The van der Waals surface area contributed by atoms with Gasteiger partial charge >= 0.3 is 0 Å². The van der Waals surface area contributed by atoms with E-state index in [1.807, 2.05) is 24.3 Å². The van der Waals surface area contributed by atoms with Gasteiger partial charge in [-0.3, -0.25) is 0 Å². The van der Waals surface area contributed by atoms with E-state index < -0.39 is 10.0 Å². The summed E-state index contributed by atoms with van der Waals surface area (Å²) in [5.41, 5.74) is 1.02. The molecular formula is C16H17ClINO3S. The van der Waals surface area contributed by atoms with E-state index in [1.165, 1.54) is 6.07 Å². The van der Waals surface area contributed by atoms with Gasteiger partial charge in [0.05, 0.1) is 15.6 Å². The molecule has 0 fully saturated rings. The highest BCUT2D eigenvalue weighted by atomic mass is 127. The predicted molar refractivity (Wildman–Crippen MR) is 101 cm³/mol. The molecule has 0 heterocycles.